The van der Waals surface area contributed by atoms with Gasteiger partial charge in [0.1, 0.15) is 5.82 Å². The van der Waals surface area contributed by atoms with Gasteiger partial charge in [0, 0.05) is 6.54 Å². The van der Waals surface area contributed by atoms with E-state index in [1.165, 1.54) is 7.11 Å². The van der Waals surface area contributed by atoms with Crippen LogP contribution in [0.15, 0.2) is 12.1 Å². The Labute approximate surface area is 129 Å². The Balaban J connectivity index is 1.91. The Morgan fingerprint density at radius 1 is 1.45 bits per heavy atom. The lowest BCUT2D eigenvalue weighted by atomic mass is 9.82. The van der Waals surface area contributed by atoms with E-state index in [4.69, 9.17) is 15.7 Å². The minimum Gasteiger partial charge on any atom is -0.469 e. The first-order chi connectivity index (χ1) is 10.5. The van der Waals surface area contributed by atoms with Crippen LogP contribution in [-0.2, 0) is 9.53 Å². The first-order valence-electron chi connectivity index (χ1n) is 7.36. The third-order valence-electron chi connectivity index (χ3n) is 4.22. The number of esters is 1. The molecule has 118 valence electrons. The number of anilines is 2. The van der Waals surface area contributed by atoms with Gasteiger partial charge < -0.3 is 15.8 Å². The van der Waals surface area contributed by atoms with Crippen LogP contribution in [0.4, 0.5) is 15.8 Å². The zero-order chi connectivity index (χ0) is 16.1. The molecule has 1 saturated carbocycles. The molecule has 0 saturated heterocycles. The van der Waals surface area contributed by atoms with Gasteiger partial charge in [-0.3, -0.25) is 4.79 Å². The summed E-state index contributed by atoms with van der Waals surface area (Å²) in [6, 6.07) is 4.59. The van der Waals surface area contributed by atoms with Crippen molar-refractivity contribution in [3.63, 3.8) is 0 Å². The Kier molecular flexibility index (Phi) is 5.21. The predicted octanol–water partition coefficient (Wildman–Crippen LogP) is 2.67. The molecule has 1 aliphatic carbocycles. The maximum atomic E-state index is 13.6. The summed E-state index contributed by atoms with van der Waals surface area (Å²) >= 11 is 0. The summed E-state index contributed by atoms with van der Waals surface area (Å²) in [7, 11) is 1.41. The van der Waals surface area contributed by atoms with Gasteiger partial charge in [0.2, 0.25) is 0 Å². The fraction of sp³-hybridized carbons (Fsp3) is 0.500. The van der Waals surface area contributed by atoms with E-state index in [1.807, 2.05) is 6.07 Å². The largest absolute Gasteiger partial charge is 0.469 e. The average Bonchev–Trinajstić information content (AvgIpc) is 2.55. The first kappa shape index (κ1) is 16.1. The molecule has 5 nitrogen and oxygen atoms in total. The maximum absolute atomic E-state index is 13.6. The average molecular weight is 305 g/mol. The first-order valence-corrected chi connectivity index (χ1v) is 7.36. The molecule has 0 spiro atoms. The number of ether oxygens (including phenoxy) is 1. The van der Waals surface area contributed by atoms with E-state index < -0.39 is 5.82 Å². The molecule has 22 heavy (non-hydrogen) atoms. The molecule has 0 heterocycles. The van der Waals surface area contributed by atoms with Crippen LogP contribution < -0.4 is 11.1 Å². The molecule has 0 aromatic heterocycles. The van der Waals surface area contributed by atoms with Gasteiger partial charge in [-0.25, -0.2) is 4.39 Å². The van der Waals surface area contributed by atoms with E-state index >= 15 is 0 Å². The lowest BCUT2D eigenvalue weighted by Gasteiger charge is -2.27. The van der Waals surface area contributed by atoms with Crippen molar-refractivity contribution < 1.29 is 13.9 Å². The fourth-order valence-electron chi connectivity index (χ4n) is 2.85. The number of carbonyl (C=O) groups excluding carboxylic acids is 1. The van der Waals surface area contributed by atoms with Crippen LogP contribution in [0.2, 0.25) is 0 Å². The van der Waals surface area contributed by atoms with Crippen molar-refractivity contribution in [1.29, 1.82) is 5.26 Å². The Hall–Kier alpha value is -2.29. The van der Waals surface area contributed by atoms with Crippen LogP contribution >= 0.6 is 0 Å². The summed E-state index contributed by atoms with van der Waals surface area (Å²) in [4.78, 5) is 11.5. The molecule has 2 rings (SSSR count). The molecule has 0 aliphatic heterocycles. The van der Waals surface area contributed by atoms with Crippen molar-refractivity contribution in [3.8, 4) is 6.07 Å². The highest BCUT2D eigenvalue weighted by atomic mass is 19.1. The fourth-order valence-corrected chi connectivity index (χ4v) is 2.85. The zero-order valence-corrected chi connectivity index (χ0v) is 12.6. The summed E-state index contributed by atoms with van der Waals surface area (Å²) in [6.07, 6.45) is 3.43. The van der Waals surface area contributed by atoms with Crippen LogP contribution in [0.3, 0.4) is 0 Å². The topological polar surface area (TPSA) is 88.1 Å². The van der Waals surface area contributed by atoms with Crippen LogP contribution in [0.25, 0.3) is 0 Å². The third kappa shape index (κ3) is 3.67. The Morgan fingerprint density at radius 2 is 2.14 bits per heavy atom. The van der Waals surface area contributed by atoms with E-state index in [-0.39, 0.29) is 23.1 Å². The number of hydrogen-bond acceptors (Lipinski definition) is 5. The third-order valence-corrected chi connectivity index (χ3v) is 4.22. The second-order valence-electron chi connectivity index (χ2n) is 5.65. The van der Waals surface area contributed by atoms with Crippen LogP contribution in [0.1, 0.15) is 31.2 Å². The molecule has 1 aromatic rings. The summed E-state index contributed by atoms with van der Waals surface area (Å²) in [5, 5.41) is 12.0. The Morgan fingerprint density at radius 3 is 2.73 bits per heavy atom. The van der Waals surface area contributed by atoms with Crippen molar-refractivity contribution in [2.24, 2.45) is 11.8 Å². The summed E-state index contributed by atoms with van der Waals surface area (Å²) in [5.74, 6) is -0.338. The van der Waals surface area contributed by atoms with Crippen LogP contribution in [0.5, 0.6) is 0 Å². The van der Waals surface area contributed by atoms with Gasteiger partial charge in [-0.1, -0.05) is 0 Å². The molecule has 1 aromatic carbocycles. The van der Waals surface area contributed by atoms with Gasteiger partial charge in [-0.15, -0.1) is 0 Å². The molecule has 3 N–H and O–H groups in total. The number of benzene rings is 1. The monoisotopic (exact) mass is 305 g/mol. The highest BCUT2D eigenvalue weighted by Crippen LogP contribution is 2.31. The molecule has 0 unspecified atom stereocenters. The number of carbonyl (C=O) groups is 1. The second-order valence-corrected chi connectivity index (χ2v) is 5.65. The normalized spacial score (nSPS) is 21.0. The van der Waals surface area contributed by atoms with Gasteiger partial charge in [0.15, 0.2) is 0 Å². The van der Waals surface area contributed by atoms with Crippen molar-refractivity contribution >= 4 is 17.3 Å². The minimum absolute atomic E-state index is 0.00863. The van der Waals surface area contributed by atoms with E-state index in [0.717, 1.165) is 31.7 Å². The number of rotatable bonds is 4. The van der Waals surface area contributed by atoms with E-state index in [9.17, 15) is 9.18 Å². The van der Waals surface area contributed by atoms with Crippen LogP contribution in [-0.4, -0.2) is 19.6 Å². The van der Waals surface area contributed by atoms with Gasteiger partial charge in [-0.05, 0) is 43.7 Å². The molecule has 0 bridgehead atoms. The number of hydrogen-bond donors (Lipinski definition) is 2. The summed E-state index contributed by atoms with van der Waals surface area (Å²) < 4.78 is 18.4. The van der Waals surface area contributed by atoms with Crippen molar-refractivity contribution in [2.75, 3.05) is 24.7 Å². The molecule has 1 fully saturated rings. The number of nitrogens with one attached hydrogen (secondary N) is 1. The number of halogens is 1. The van der Waals surface area contributed by atoms with Crippen molar-refractivity contribution in [2.45, 2.75) is 25.7 Å². The number of nitrogens with two attached hydrogens (primary N) is 1. The quantitative estimate of drug-likeness (QED) is 0.659. The number of nitriles is 1. The van der Waals surface area contributed by atoms with Gasteiger partial charge in [-0.2, -0.15) is 5.26 Å². The van der Waals surface area contributed by atoms with Crippen molar-refractivity contribution in [1.82, 2.24) is 0 Å². The number of nitrogen functional groups attached to an aromatic ring is 1. The molecular weight excluding hydrogens is 285 g/mol. The van der Waals surface area contributed by atoms with Gasteiger partial charge in [0.25, 0.3) is 0 Å². The lowest BCUT2D eigenvalue weighted by Crippen LogP contribution is -2.26. The molecule has 0 amide bonds. The lowest BCUT2D eigenvalue weighted by molar-refractivity contribution is -0.146. The number of nitrogens with zero attached hydrogens (tertiary/aromatic N) is 1. The predicted molar refractivity (Wildman–Crippen MR) is 81.5 cm³/mol. The van der Waals surface area contributed by atoms with Gasteiger partial charge in [0.05, 0.1) is 36.0 Å². The zero-order valence-electron chi connectivity index (χ0n) is 12.6. The smallest absolute Gasteiger partial charge is 0.308 e. The van der Waals surface area contributed by atoms with Crippen molar-refractivity contribution in [3.05, 3.63) is 23.5 Å². The van der Waals surface area contributed by atoms with E-state index in [2.05, 4.69) is 5.32 Å². The minimum atomic E-state index is -0.587. The summed E-state index contributed by atoms with van der Waals surface area (Å²) in [6.45, 7) is 0.645. The van der Waals surface area contributed by atoms with Gasteiger partial charge >= 0.3 is 5.97 Å². The molecular formula is C16H20FN3O2. The summed E-state index contributed by atoms with van der Waals surface area (Å²) in [5.41, 5.74) is 6.41. The molecule has 6 heteroatoms. The van der Waals surface area contributed by atoms with E-state index in [1.54, 1.807) is 6.07 Å². The molecule has 0 radical (unpaired) electrons. The van der Waals surface area contributed by atoms with E-state index in [0.29, 0.717) is 18.2 Å². The standard InChI is InChI=1S/C16H20FN3O2/c1-22-16(21)12-4-2-10(3-5-12)9-20-14-7-11(8-18)6-13(17)15(14)19/h6-7,10,12,20H,2-5,9,19H2,1H3. The highest BCUT2D eigenvalue weighted by molar-refractivity contribution is 5.72. The van der Waals surface area contributed by atoms with Crippen LogP contribution in [0, 0.1) is 29.0 Å². The maximum Gasteiger partial charge on any atom is 0.308 e. The SMILES string of the molecule is COC(=O)C1CCC(CNc2cc(C#N)cc(F)c2N)CC1. The highest BCUT2D eigenvalue weighted by Gasteiger charge is 2.26. The molecule has 0 atom stereocenters. The second kappa shape index (κ2) is 7.12. The number of methoxy groups -OCH3 is 1. The molecule has 1 aliphatic rings. The Bertz CT molecular complexity index is 590.